The number of anilines is 2. The topological polar surface area (TPSA) is 87.2 Å². The van der Waals surface area contributed by atoms with Gasteiger partial charge in [-0.25, -0.2) is 9.97 Å². The average Bonchev–Trinajstić information content (AvgIpc) is 3.53. The molecule has 2 N–H and O–H groups in total. The number of rotatable bonds is 4. The van der Waals surface area contributed by atoms with Gasteiger partial charge in [-0.05, 0) is 55.5 Å². The molecule has 1 aliphatic heterocycles. The number of nitrogens with zero attached hydrogens (tertiary/aromatic N) is 3. The van der Waals surface area contributed by atoms with Crippen molar-refractivity contribution in [1.29, 1.82) is 0 Å². The molecule has 7 nitrogen and oxygen atoms in total. The first kappa shape index (κ1) is 19.4. The molecule has 0 saturated heterocycles. The molecule has 1 aliphatic carbocycles. The van der Waals surface area contributed by atoms with E-state index >= 15 is 0 Å². The molecule has 3 atom stereocenters. The summed E-state index contributed by atoms with van der Waals surface area (Å²) in [5.74, 6) is 1.09. The summed E-state index contributed by atoms with van der Waals surface area (Å²) < 4.78 is 0. The van der Waals surface area contributed by atoms with E-state index in [4.69, 9.17) is 0 Å². The predicted octanol–water partition coefficient (Wildman–Crippen LogP) is 3.08. The van der Waals surface area contributed by atoms with Crippen molar-refractivity contribution in [3.8, 4) is 0 Å². The Morgan fingerprint density at radius 1 is 1.21 bits per heavy atom. The number of carbonyl (C=O) groups is 2. The van der Waals surface area contributed by atoms with Gasteiger partial charge < -0.3 is 15.5 Å². The molecule has 7 heteroatoms. The highest BCUT2D eigenvalue weighted by Gasteiger charge is 2.47. The van der Waals surface area contributed by atoms with Gasteiger partial charge in [0.15, 0.2) is 0 Å². The van der Waals surface area contributed by atoms with Crippen molar-refractivity contribution in [2.45, 2.75) is 45.7 Å². The van der Waals surface area contributed by atoms with Crippen LogP contribution in [-0.2, 0) is 4.79 Å². The van der Waals surface area contributed by atoms with Gasteiger partial charge in [0.05, 0.1) is 6.04 Å². The zero-order chi connectivity index (χ0) is 20.7. The fraction of sp³-hybridized carbons (Fsp3) is 0.455. The third-order valence-electron chi connectivity index (χ3n) is 6.00. The van der Waals surface area contributed by atoms with Crippen molar-refractivity contribution < 1.29 is 9.59 Å². The molecule has 2 aromatic rings. The quantitative estimate of drug-likeness (QED) is 0.834. The number of aryl methyl sites for hydroxylation is 1. The molecule has 1 saturated carbocycles. The molecule has 1 aromatic heterocycles. The zero-order valence-corrected chi connectivity index (χ0v) is 17.3. The Morgan fingerprint density at radius 3 is 2.59 bits per heavy atom. The Morgan fingerprint density at radius 2 is 1.97 bits per heavy atom. The molecule has 29 heavy (non-hydrogen) atoms. The molecule has 2 aliphatic rings. The smallest absolute Gasteiger partial charge is 0.251 e. The number of hydrogen-bond donors (Lipinski definition) is 2. The maximum Gasteiger partial charge on any atom is 0.251 e. The van der Waals surface area contributed by atoms with E-state index < -0.39 is 0 Å². The fourth-order valence-electron chi connectivity index (χ4n) is 4.51. The van der Waals surface area contributed by atoms with E-state index in [9.17, 15) is 9.59 Å². The lowest BCUT2D eigenvalue weighted by atomic mass is 9.79. The Labute approximate surface area is 170 Å². The number of amides is 2. The van der Waals surface area contributed by atoms with E-state index in [2.05, 4.69) is 27.5 Å². The third kappa shape index (κ3) is 3.57. The highest BCUT2D eigenvalue weighted by molar-refractivity contribution is 5.98. The summed E-state index contributed by atoms with van der Waals surface area (Å²) in [6.45, 7) is 5.72. The first-order chi connectivity index (χ1) is 13.9. The molecular weight excluding hydrogens is 366 g/mol. The van der Waals surface area contributed by atoms with Crippen LogP contribution in [0.15, 0.2) is 30.5 Å². The molecule has 1 unspecified atom stereocenters. The van der Waals surface area contributed by atoms with Gasteiger partial charge in [-0.15, -0.1) is 0 Å². The van der Waals surface area contributed by atoms with Gasteiger partial charge in [-0.2, -0.15) is 0 Å². The largest absolute Gasteiger partial charge is 0.355 e. The van der Waals surface area contributed by atoms with Crippen LogP contribution < -0.4 is 15.5 Å². The Kier molecular flexibility index (Phi) is 4.98. The normalized spacial score (nSPS) is 23.3. The second-order valence-corrected chi connectivity index (χ2v) is 8.07. The minimum atomic E-state index is -0.148. The first-order valence-electron chi connectivity index (χ1n) is 10.1. The molecular formula is C22H27N5O2. The number of benzene rings is 1. The molecule has 2 heterocycles. The SMILES string of the molecule is CNC(=O)c1ccc2c(c1)C(Nc1nccc(C)n1)[C@@H](C)[C@H](C1CC1)N2C(C)=O. The summed E-state index contributed by atoms with van der Waals surface area (Å²) >= 11 is 0. The van der Waals surface area contributed by atoms with E-state index in [1.807, 2.05) is 30.0 Å². The van der Waals surface area contributed by atoms with Crippen molar-refractivity contribution >= 4 is 23.5 Å². The maximum absolute atomic E-state index is 12.6. The van der Waals surface area contributed by atoms with Crippen molar-refractivity contribution in [2.75, 3.05) is 17.3 Å². The highest BCUT2D eigenvalue weighted by Crippen LogP contribution is 2.50. The maximum atomic E-state index is 12.6. The van der Waals surface area contributed by atoms with Gasteiger partial charge in [0.25, 0.3) is 5.91 Å². The predicted molar refractivity (Wildman–Crippen MR) is 112 cm³/mol. The van der Waals surface area contributed by atoms with Gasteiger partial charge >= 0.3 is 0 Å². The monoisotopic (exact) mass is 393 g/mol. The summed E-state index contributed by atoms with van der Waals surface area (Å²) in [5.41, 5.74) is 3.25. The van der Waals surface area contributed by atoms with E-state index in [1.165, 1.54) is 0 Å². The van der Waals surface area contributed by atoms with Crippen molar-refractivity contribution in [1.82, 2.24) is 15.3 Å². The van der Waals surface area contributed by atoms with E-state index in [0.29, 0.717) is 17.4 Å². The van der Waals surface area contributed by atoms with Crippen LogP contribution >= 0.6 is 0 Å². The highest BCUT2D eigenvalue weighted by atomic mass is 16.2. The number of fused-ring (bicyclic) bond motifs is 1. The van der Waals surface area contributed by atoms with Gasteiger partial charge in [0.2, 0.25) is 11.9 Å². The lowest BCUT2D eigenvalue weighted by Crippen LogP contribution is -2.51. The Hall–Kier alpha value is -2.96. The Bertz CT molecular complexity index is 956. The van der Waals surface area contributed by atoms with Crippen LogP contribution in [-0.4, -0.2) is 34.9 Å². The Balaban J connectivity index is 1.83. The second-order valence-electron chi connectivity index (χ2n) is 8.07. The molecule has 152 valence electrons. The van der Waals surface area contributed by atoms with Crippen LogP contribution in [0.1, 0.15) is 54.3 Å². The molecule has 0 bridgehead atoms. The molecule has 1 fully saturated rings. The van der Waals surface area contributed by atoms with Crippen LogP contribution in [0, 0.1) is 18.8 Å². The third-order valence-corrected chi connectivity index (χ3v) is 6.00. The lowest BCUT2D eigenvalue weighted by Gasteiger charge is -2.45. The van der Waals surface area contributed by atoms with Gasteiger partial charge in [0.1, 0.15) is 0 Å². The summed E-state index contributed by atoms with van der Waals surface area (Å²) in [6.07, 6.45) is 4.01. The number of aromatic nitrogens is 2. The summed E-state index contributed by atoms with van der Waals surface area (Å²) in [4.78, 5) is 35.7. The van der Waals surface area contributed by atoms with Crippen molar-refractivity contribution in [3.05, 3.63) is 47.3 Å². The fourth-order valence-corrected chi connectivity index (χ4v) is 4.51. The number of hydrogen-bond acceptors (Lipinski definition) is 5. The van der Waals surface area contributed by atoms with Crippen LogP contribution in [0.4, 0.5) is 11.6 Å². The van der Waals surface area contributed by atoms with Crippen molar-refractivity contribution in [2.24, 2.45) is 11.8 Å². The average molecular weight is 393 g/mol. The minimum Gasteiger partial charge on any atom is -0.355 e. The lowest BCUT2D eigenvalue weighted by molar-refractivity contribution is -0.117. The first-order valence-corrected chi connectivity index (χ1v) is 10.1. The number of carbonyl (C=O) groups excluding carboxylic acids is 2. The zero-order valence-electron chi connectivity index (χ0n) is 17.3. The van der Waals surface area contributed by atoms with E-state index in [0.717, 1.165) is 29.8 Å². The minimum absolute atomic E-state index is 0.0351. The van der Waals surface area contributed by atoms with Gasteiger partial charge in [-0.1, -0.05) is 6.92 Å². The van der Waals surface area contributed by atoms with E-state index in [-0.39, 0.29) is 29.8 Å². The molecule has 2 amide bonds. The number of nitrogens with one attached hydrogen (secondary N) is 2. The summed E-state index contributed by atoms with van der Waals surface area (Å²) in [7, 11) is 1.62. The summed E-state index contributed by atoms with van der Waals surface area (Å²) in [6, 6.07) is 7.45. The van der Waals surface area contributed by atoms with Gasteiger partial charge in [0, 0.05) is 49.1 Å². The van der Waals surface area contributed by atoms with E-state index in [1.54, 1.807) is 26.2 Å². The molecule has 4 rings (SSSR count). The van der Waals surface area contributed by atoms with Crippen LogP contribution in [0.3, 0.4) is 0 Å². The van der Waals surface area contributed by atoms with Gasteiger partial charge in [-0.3, -0.25) is 9.59 Å². The molecule has 0 radical (unpaired) electrons. The van der Waals surface area contributed by atoms with Crippen molar-refractivity contribution in [3.63, 3.8) is 0 Å². The van der Waals surface area contributed by atoms with Crippen LogP contribution in [0.2, 0.25) is 0 Å². The molecule has 0 spiro atoms. The standard InChI is InChI=1S/C22H27N5O2/c1-12-9-10-24-22(25-12)26-19-13(2)20(15-5-6-15)27(14(3)28)18-8-7-16(11-17(18)19)21(29)23-4/h7-11,13,15,19-20H,5-6H2,1-4H3,(H,23,29)(H,24,25,26)/t13-,19?,20-/m1/s1. The van der Waals surface area contributed by atoms with Crippen LogP contribution in [0.5, 0.6) is 0 Å². The second kappa shape index (κ2) is 7.46. The molecule has 1 aromatic carbocycles. The summed E-state index contributed by atoms with van der Waals surface area (Å²) in [5, 5.41) is 6.17. The van der Waals surface area contributed by atoms with Crippen LogP contribution in [0.25, 0.3) is 0 Å².